The van der Waals surface area contributed by atoms with Crippen LogP contribution in [0.2, 0.25) is 0 Å². The average molecular weight is 560 g/mol. The van der Waals surface area contributed by atoms with Crippen molar-refractivity contribution in [1.29, 1.82) is 0 Å². The van der Waals surface area contributed by atoms with E-state index in [0.717, 1.165) is 5.56 Å². The van der Waals surface area contributed by atoms with Crippen LogP contribution in [0.1, 0.15) is 54.6 Å². The summed E-state index contributed by atoms with van der Waals surface area (Å²) in [4.78, 5) is 39.3. The lowest BCUT2D eigenvalue weighted by atomic mass is 9.81. The van der Waals surface area contributed by atoms with Gasteiger partial charge in [-0.15, -0.1) is 0 Å². The van der Waals surface area contributed by atoms with Gasteiger partial charge in [-0.1, -0.05) is 18.2 Å². The molecule has 1 unspecified atom stereocenters. The van der Waals surface area contributed by atoms with Gasteiger partial charge in [-0.2, -0.15) is 0 Å². The molecule has 2 heterocycles. The van der Waals surface area contributed by atoms with E-state index in [1.165, 1.54) is 19.1 Å². The van der Waals surface area contributed by atoms with E-state index < -0.39 is 17.3 Å². The van der Waals surface area contributed by atoms with Crippen molar-refractivity contribution in [3.8, 4) is 11.5 Å². The summed E-state index contributed by atoms with van der Waals surface area (Å²) in [5, 5.41) is 9.19. The maximum atomic E-state index is 14.7. The number of benzene rings is 3. The van der Waals surface area contributed by atoms with E-state index in [-0.39, 0.29) is 23.8 Å². The highest BCUT2D eigenvalue weighted by atomic mass is 19.1. The van der Waals surface area contributed by atoms with E-state index in [1.54, 1.807) is 31.2 Å². The van der Waals surface area contributed by atoms with Crippen molar-refractivity contribution in [3.05, 3.63) is 83.2 Å². The van der Waals surface area contributed by atoms with Gasteiger partial charge in [0.05, 0.1) is 11.4 Å². The van der Waals surface area contributed by atoms with Crippen LogP contribution in [0.25, 0.3) is 0 Å². The van der Waals surface area contributed by atoms with Gasteiger partial charge >= 0.3 is 0 Å². The number of likely N-dealkylation sites (tertiary alicyclic amines) is 1. The third-order valence-corrected chi connectivity index (χ3v) is 7.99. The second-order valence-corrected chi connectivity index (χ2v) is 10.6. The fraction of sp³-hybridized carbons (Fsp3) is 0.323. The molecule has 2 aliphatic heterocycles. The van der Waals surface area contributed by atoms with Crippen molar-refractivity contribution in [2.75, 3.05) is 30.3 Å². The summed E-state index contributed by atoms with van der Waals surface area (Å²) in [5.74, 6) is -0.319. The zero-order valence-corrected chi connectivity index (χ0v) is 23.3. The number of para-hydroxylation sites is 1. The van der Waals surface area contributed by atoms with E-state index in [9.17, 15) is 18.8 Å². The summed E-state index contributed by atoms with van der Waals surface area (Å²) in [5.41, 5.74) is 7.22. The van der Waals surface area contributed by atoms with Crippen LogP contribution in [0.4, 0.5) is 15.8 Å². The number of carbonyl (C=O) groups is 3. The number of hydrogen-bond donors (Lipinski definition) is 4. The minimum atomic E-state index is -1.12. The number of rotatable bonds is 8. The molecule has 3 amide bonds. The molecule has 5 N–H and O–H groups in total. The molecule has 5 rings (SSSR count). The summed E-state index contributed by atoms with van der Waals surface area (Å²) in [6.07, 6.45) is 0.611. The highest BCUT2D eigenvalue weighted by Crippen LogP contribution is 2.47. The molecule has 0 bridgehead atoms. The number of primary amides is 1. The largest absolute Gasteiger partial charge is 0.457 e. The monoisotopic (exact) mass is 559 g/mol. The number of fused-ring (bicyclic) bond motifs is 1. The Morgan fingerprint density at radius 2 is 1.90 bits per heavy atom. The molecule has 10 heteroatoms. The van der Waals surface area contributed by atoms with Crippen molar-refractivity contribution >= 4 is 29.1 Å². The smallest absolute Gasteiger partial charge is 0.249 e. The molecule has 0 radical (unpaired) electrons. The number of halogens is 1. The number of nitrogens with one attached hydrogen (secondary N) is 3. The molecule has 41 heavy (non-hydrogen) atoms. The number of carbonyl (C=O) groups excluding carboxylic acids is 3. The third kappa shape index (κ3) is 5.35. The first kappa shape index (κ1) is 28.1. The molecule has 2 aliphatic rings. The molecule has 0 spiro atoms. The maximum Gasteiger partial charge on any atom is 0.249 e. The number of hydrogen-bond acceptors (Lipinski definition) is 6. The fourth-order valence-corrected chi connectivity index (χ4v) is 5.96. The maximum absolute atomic E-state index is 14.7. The molecule has 1 fully saturated rings. The zero-order valence-electron chi connectivity index (χ0n) is 23.3. The van der Waals surface area contributed by atoms with E-state index in [4.69, 9.17) is 10.5 Å². The van der Waals surface area contributed by atoms with Crippen molar-refractivity contribution in [2.24, 2.45) is 5.73 Å². The molecule has 0 aromatic heterocycles. The van der Waals surface area contributed by atoms with Gasteiger partial charge < -0.3 is 26.4 Å². The third-order valence-electron chi connectivity index (χ3n) is 7.99. The Morgan fingerprint density at radius 1 is 1.17 bits per heavy atom. The van der Waals surface area contributed by atoms with Gasteiger partial charge in [-0.3, -0.25) is 19.3 Å². The summed E-state index contributed by atoms with van der Waals surface area (Å²) in [6.45, 7) is 6.65. The lowest BCUT2D eigenvalue weighted by Gasteiger charge is -2.45. The van der Waals surface area contributed by atoms with Crippen LogP contribution in [0.5, 0.6) is 11.5 Å². The summed E-state index contributed by atoms with van der Waals surface area (Å²) < 4.78 is 20.9. The topological polar surface area (TPSA) is 126 Å². The number of amides is 3. The van der Waals surface area contributed by atoms with Gasteiger partial charge in [0.25, 0.3) is 0 Å². The SMILES string of the molecule is CCNc1cc(F)cc2c1NC(=O)C2(C)N1CC[C@@H](c2ccccc2Oc2ccc(C(N)=O)cc2)[C@H](NC(C)=O)C1. The van der Waals surface area contributed by atoms with Crippen LogP contribution < -0.4 is 26.4 Å². The van der Waals surface area contributed by atoms with Gasteiger partial charge in [-0.25, -0.2) is 4.39 Å². The molecule has 0 aliphatic carbocycles. The summed E-state index contributed by atoms with van der Waals surface area (Å²) >= 11 is 0. The highest BCUT2D eigenvalue weighted by Gasteiger charge is 2.51. The van der Waals surface area contributed by atoms with E-state index in [0.29, 0.717) is 60.1 Å². The summed E-state index contributed by atoms with van der Waals surface area (Å²) in [6, 6.07) is 16.7. The van der Waals surface area contributed by atoms with Gasteiger partial charge in [0, 0.05) is 55.2 Å². The minimum absolute atomic E-state index is 0.117. The van der Waals surface area contributed by atoms with E-state index in [1.807, 2.05) is 36.1 Å². The molecule has 3 aromatic carbocycles. The van der Waals surface area contributed by atoms with Crippen molar-refractivity contribution in [1.82, 2.24) is 10.2 Å². The molecule has 0 saturated carbocycles. The Kier molecular flexibility index (Phi) is 7.68. The Balaban J connectivity index is 1.45. The first-order valence-electron chi connectivity index (χ1n) is 13.7. The van der Waals surface area contributed by atoms with Crippen LogP contribution in [0, 0.1) is 5.82 Å². The molecular formula is C31H34FN5O4. The van der Waals surface area contributed by atoms with Gasteiger partial charge in [0.1, 0.15) is 22.9 Å². The zero-order chi connectivity index (χ0) is 29.3. The van der Waals surface area contributed by atoms with Crippen molar-refractivity contribution < 1.29 is 23.5 Å². The Morgan fingerprint density at radius 3 is 2.59 bits per heavy atom. The quantitative estimate of drug-likeness (QED) is 0.326. The molecule has 3 atom stereocenters. The first-order valence-corrected chi connectivity index (χ1v) is 13.7. The number of ether oxygens (including phenoxy) is 1. The minimum Gasteiger partial charge on any atom is -0.457 e. The van der Waals surface area contributed by atoms with Crippen LogP contribution in [0.15, 0.2) is 60.7 Å². The highest BCUT2D eigenvalue weighted by molar-refractivity contribution is 6.08. The fourth-order valence-electron chi connectivity index (χ4n) is 5.96. The predicted molar refractivity (Wildman–Crippen MR) is 155 cm³/mol. The summed E-state index contributed by atoms with van der Waals surface area (Å²) in [7, 11) is 0. The number of anilines is 2. The van der Waals surface area contributed by atoms with Crippen LogP contribution in [-0.2, 0) is 15.1 Å². The van der Waals surface area contributed by atoms with Crippen molar-refractivity contribution in [3.63, 3.8) is 0 Å². The van der Waals surface area contributed by atoms with E-state index in [2.05, 4.69) is 16.0 Å². The van der Waals surface area contributed by atoms with E-state index >= 15 is 0 Å². The lowest BCUT2D eigenvalue weighted by Crippen LogP contribution is -2.59. The molecule has 9 nitrogen and oxygen atoms in total. The predicted octanol–water partition coefficient (Wildman–Crippen LogP) is 4.31. The lowest BCUT2D eigenvalue weighted by molar-refractivity contribution is -0.128. The Labute approximate surface area is 238 Å². The average Bonchev–Trinajstić information content (AvgIpc) is 3.20. The van der Waals surface area contributed by atoms with Crippen molar-refractivity contribution in [2.45, 2.75) is 44.7 Å². The second kappa shape index (κ2) is 11.2. The normalized spacial score (nSPS) is 22.0. The standard InChI is InChI=1S/C31H34FN5O4/c1-4-34-25-16-20(32)15-24-28(25)36-30(40)31(24,3)37-14-13-22(26(17-37)35-18(2)38)23-7-5-6-8-27(23)41-21-11-9-19(10-12-21)29(33)39/h5-12,15-16,22,26,34H,4,13-14,17H2,1-3H3,(H2,33,39)(H,35,38)(H,36,40)/t22-,26+,31?/m0/s1. The second-order valence-electron chi connectivity index (χ2n) is 10.6. The van der Waals surface area contributed by atoms with Crippen LogP contribution in [-0.4, -0.2) is 48.3 Å². The number of nitrogens with zero attached hydrogens (tertiary/aromatic N) is 1. The van der Waals surface area contributed by atoms with Gasteiger partial charge in [0.2, 0.25) is 17.7 Å². The molecular weight excluding hydrogens is 525 g/mol. The molecule has 214 valence electrons. The Hall–Kier alpha value is -4.44. The van der Waals surface area contributed by atoms with Gasteiger partial charge in [-0.05, 0) is 62.7 Å². The molecule has 1 saturated heterocycles. The van der Waals surface area contributed by atoms with Crippen LogP contribution in [0.3, 0.4) is 0 Å². The van der Waals surface area contributed by atoms with Crippen LogP contribution >= 0.6 is 0 Å². The molecule has 3 aromatic rings. The number of nitrogens with two attached hydrogens (primary N) is 1. The van der Waals surface area contributed by atoms with Gasteiger partial charge in [0.15, 0.2) is 0 Å². The first-order chi connectivity index (χ1) is 19.6. The Bertz CT molecular complexity index is 1490. The number of piperidine rings is 1.